The van der Waals surface area contributed by atoms with Gasteiger partial charge in [-0.05, 0) is 48.4 Å². The molecule has 1 N–H and O–H groups in total. The second-order valence-electron chi connectivity index (χ2n) is 7.48. The van der Waals surface area contributed by atoms with Crippen LogP contribution >= 0.6 is 0 Å². The third kappa shape index (κ3) is 3.99. The molecule has 0 saturated carbocycles. The SMILES string of the molecule is Cc1cc(CNCC(C)C)ccc1N1CCC(C)(C)C1. The Balaban J connectivity index is 1.99. The van der Waals surface area contributed by atoms with Gasteiger partial charge in [0, 0.05) is 25.3 Å². The van der Waals surface area contributed by atoms with E-state index in [1.165, 1.54) is 36.3 Å². The highest BCUT2D eigenvalue weighted by atomic mass is 15.2. The van der Waals surface area contributed by atoms with Crippen molar-refractivity contribution in [1.29, 1.82) is 0 Å². The molecule has 20 heavy (non-hydrogen) atoms. The fourth-order valence-electron chi connectivity index (χ4n) is 3.01. The number of nitrogens with one attached hydrogen (secondary N) is 1. The number of benzene rings is 1. The Morgan fingerprint density at radius 2 is 2.05 bits per heavy atom. The standard InChI is InChI=1S/C18H30N2/c1-14(2)11-19-12-16-6-7-17(15(3)10-16)20-9-8-18(4,5)13-20/h6-7,10,14,19H,8-9,11-13H2,1-5H3. The summed E-state index contributed by atoms with van der Waals surface area (Å²) in [4.78, 5) is 2.54. The van der Waals surface area contributed by atoms with E-state index in [0.29, 0.717) is 11.3 Å². The first-order valence-corrected chi connectivity index (χ1v) is 7.92. The maximum Gasteiger partial charge on any atom is 0.0396 e. The molecule has 2 heteroatoms. The van der Waals surface area contributed by atoms with E-state index in [1.807, 2.05) is 0 Å². The normalized spacial score (nSPS) is 18.0. The Bertz CT molecular complexity index is 449. The third-order valence-corrected chi connectivity index (χ3v) is 4.16. The molecule has 1 aromatic carbocycles. The molecule has 112 valence electrons. The molecule has 1 aliphatic heterocycles. The quantitative estimate of drug-likeness (QED) is 0.874. The Morgan fingerprint density at radius 3 is 2.60 bits per heavy atom. The summed E-state index contributed by atoms with van der Waals surface area (Å²) >= 11 is 0. The average Bonchev–Trinajstić information content (AvgIpc) is 2.69. The molecule has 0 bridgehead atoms. The first-order valence-electron chi connectivity index (χ1n) is 7.92. The van der Waals surface area contributed by atoms with Crippen LogP contribution in [-0.4, -0.2) is 19.6 Å². The fraction of sp³-hybridized carbons (Fsp3) is 0.667. The second kappa shape index (κ2) is 6.17. The van der Waals surface area contributed by atoms with Crippen LogP contribution < -0.4 is 10.2 Å². The van der Waals surface area contributed by atoms with Gasteiger partial charge in [0.2, 0.25) is 0 Å². The lowest BCUT2D eigenvalue weighted by molar-refractivity contribution is 0.418. The molecular formula is C18H30N2. The smallest absolute Gasteiger partial charge is 0.0396 e. The van der Waals surface area contributed by atoms with E-state index in [4.69, 9.17) is 0 Å². The zero-order chi connectivity index (χ0) is 14.8. The van der Waals surface area contributed by atoms with Crippen molar-refractivity contribution in [2.45, 2.75) is 47.6 Å². The van der Waals surface area contributed by atoms with E-state index in [2.05, 4.69) is 63.0 Å². The minimum Gasteiger partial charge on any atom is -0.371 e. The van der Waals surface area contributed by atoms with Gasteiger partial charge in [0.1, 0.15) is 0 Å². The van der Waals surface area contributed by atoms with Crippen molar-refractivity contribution in [2.75, 3.05) is 24.5 Å². The molecule has 1 heterocycles. The summed E-state index contributed by atoms with van der Waals surface area (Å²) in [7, 11) is 0. The van der Waals surface area contributed by atoms with E-state index < -0.39 is 0 Å². The van der Waals surface area contributed by atoms with E-state index in [1.54, 1.807) is 0 Å². The maximum absolute atomic E-state index is 3.52. The first kappa shape index (κ1) is 15.4. The summed E-state index contributed by atoms with van der Waals surface area (Å²) in [6, 6.07) is 6.93. The van der Waals surface area contributed by atoms with Crippen LogP contribution in [0, 0.1) is 18.3 Å². The Kier molecular flexibility index (Phi) is 4.74. The molecule has 1 aliphatic rings. The summed E-state index contributed by atoms with van der Waals surface area (Å²) in [5.74, 6) is 0.710. The highest BCUT2D eigenvalue weighted by Crippen LogP contribution is 2.34. The van der Waals surface area contributed by atoms with Crippen molar-refractivity contribution in [2.24, 2.45) is 11.3 Å². The second-order valence-corrected chi connectivity index (χ2v) is 7.48. The number of anilines is 1. The lowest BCUT2D eigenvalue weighted by Crippen LogP contribution is -2.23. The summed E-state index contributed by atoms with van der Waals surface area (Å²) in [6.07, 6.45) is 1.30. The summed E-state index contributed by atoms with van der Waals surface area (Å²) in [5, 5.41) is 3.52. The van der Waals surface area contributed by atoms with Crippen LogP contribution in [-0.2, 0) is 6.54 Å². The molecule has 1 aromatic rings. The van der Waals surface area contributed by atoms with Crippen LogP contribution in [0.15, 0.2) is 18.2 Å². The molecule has 2 nitrogen and oxygen atoms in total. The molecule has 0 aliphatic carbocycles. The fourth-order valence-corrected chi connectivity index (χ4v) is 3.01. The van der Waals surface area contributed by atoms with Crippen LogP contribution in [0.3, 0.4) is 0 Å². The zero-order valence-electron chi connectivity index (χ0n) is 13.8. The van der Waals surface area contributed by atoms with Gasteiger partial charge in [0.25, 0.3) is 0 Å². The Hall–Kier alpha value is -1.02. The van der Waals surface area contributed by atoms with Crippen molar-refractivity contribution in [3.8, 4) is 0 Å². The number of hydrogen-bond donors (Lipinski definition) is 1. The van der Waals surface area contributed by atoms with Crippen molar-refractivity contribution in [3.05, 3.63) is 29.3 Å². The van der Waals surface area contributed by atoms with Crippen LogP contribution in [0.1, 0.15) is 45.2 Å². The van der Waals surface area contributed by atoms with Gasteiger partial charge >= 0.3 is 0 Å². The van der Waals surface area contributed by atoms with Crippen molar-refractivity contribution < 1.29 is 0 Å². The average molecular weight is 274 g/mol. The number of nitrogens with zero attached hydrogens (tertiary/aromatic N) is 1. The number of hydrogen-bond acceptors (Lipinski definition) is 2. The summed E-state index contributed by atoms with van der Waals surface area (Å²) < 4.78 is 0. The van der Waals surface area contributed by atoms with Gasteiger partial charge in [0.05, 0.1) is 0 Å². The lowest BCUT2D eigenvalue weighted by Gasteiger charge is -2.23. The van der Waals surface area contributed by atoms with Gasteiger partial charge in [-0.3, -0.25) is 0 Å². The minimum atomic E-state index is 0.462. The molecule has 0 amide bonds. The molecular weight excluding hydrogens is 244 g/mol. The Labute approximate surface area is 124 Å². The lowest BCUT2D eigenvalue weighted by atomic mass is 9.93. The highest BCUT2D eigenvalue weighted by Gasteiger charge is 2.29. The predicted molar refractivity (Wildman–Crippen MR) is 88.3 cm³/mol. The van der Waals surface area contributed by atoms with Gasteiger partial charge in [-0.1, -0.05) is 39.8 Å². The van der Waals surface area contributed by atoms with Crippen molar-refractivity contribution in [1.82, 2.24) is 5.32 Å². The molecule has 2 rings (SSSR count). The monoisotopic (exact) mass is 274 g/mol. The third-order valence-electron chi connectivity index (χ3n) is 4.16. The maximum atomic E-state index is 3.52. The molecule has 0 radical (unpaired) electrons. The molecule has 0 atom stereocenters. The van der Waals surface area contributed by atoms with Crippen LogP contribution in [0.25, 0.3) is 0 Å². The van der Waals surface area contributed by atoms with Gasteiger partial charge in [-0.2, -0.15) is 0 Å². The van der Waals surface area contributed by atoms with Gasteiger partial charge < -0.3 is 10.2 Å². The topological polar surface area (TPSA) is 15.3 Å². The summed E-state index contributed by atoms with van der Waals surface area (Å²) in [5.41, 5.74) is 4.68. The van der Waals surface area contributed by atoms with Gasteiger partial charge in [-0.15, -0.1) is 0 Å². The van der Waals surface area contributed by atoms with Crippen LogP contribution in [0.5, 0.6) is 0 Å². The van der Waals surface area contributed by atoms with Gasteiger partial charge in [-0.25, -0.2) is 0 Å². The van der Waals surface area contributed by atoms with E-state index in [-0.39, 0.29) is 0 Å². The minimum absolute atomic E-state index is 0.462. The Morgan fingerprint density at radius 1 is 1.30 bits per heavy atom. The van der Waals surface area contributed by atoms with Crippen molar-refractivity contribution in [3.63, 3.8) is 0 Å². The molecule has 0 aromatic heterocycles. The first-order chi connectivity index (χ1) is 9.37. The van der Waals surface area contributed by atoms with E-state index in [0.717, 1.165) is 13.1 Å². The predicted octanol–water partition coefficient (Wildman–Crippen LogP) is 3.98. The molecule has 1 saturated heterocycles. The highest BCUT2D eigenvalue weighted by molar-refractivity contribution is 5.55. The zero-order valence-corrected chi connectivity index (χ0v) is 13.8. The molecule has 0 unspecified atom stereocenters. The van der Waals surface area contributed by atoms with Gasteiger partial charge in [0.15, 0.2) is 0 Å². The van der Waals surface area contributed by atoms with Crippen LogP contribution in [0.2, 0.25) is 0 Å². The van der Waals surface area contributed by atoms with Crippen molar-refractivity contribution >= 4 is 5.69 Å². The molecule has 1 fully saturated rings. The van der Waals surface area contributed by atoms with E-state index >= 15 is 0 Å². The largest absolute Gasteiger partial charge is 0.371 e. The van der Waals surface area contributed by atoms with E-state index in [9.17, 15) is 0 Å². The number of rotatable bonds is 5. The number of aryl methyl sites for hydroxylation is 1. The van der Waals surface area contributed by atoms with Crippen LogP contribution in [0.4, 0.5) is 5.69 Å². The summed E-state index contributed by atoms with van der Waals surface area (Å²) in [6.45, 7) is 15.9. The molecule has 0 spiro atoms.